The van der Waals surface area contributed by atoms with Crippen LogP contribution in [0.15, 0.2) is 0 Å². The van der Waals surface area contributed by atoms with E-state index < -0.39 is 10.0 Å². The van der Waals surface area contributed by atoms with E-state index in [0.717, 1.165) is 25.7 Å². The van der Waals surface area contributed by atoms with Gasteiger partial charge in [-0.05, 0) is 19.3 Å². The molecule has 0 amide bonds. The Morgan fingerprint density at radius 3 is 2.19 bits per heavy atom. The Labute approximate surface area is 99.2 Å². The molecule has 1 fully saturated rings. The number of hydrogen-bond acceptors (Lipinski definition) is 3. The van der Waals surface area contributed by atoms with Crippen LogP contribution in [0.4, 0.5) is 0 Å². The summed E-state index contributed by atoms with van der Waals surface area (Å²) in [5, 5.41) is 0. The smallest absolute Gasteiger partial charge is 0.214 e. The standard InChI is InChI=1S/C11H24N2O2S/c1-3-9-16(14,15)13(4-2)11(10-12)7-5-6-8-11/h3-10,12H2,1-2H3. The van der Waals surface area contributed by atoms with Crippen molar-refractivity contribution in [3.63, 3.8) is 0 Å². The number of hydrogen-bond donors (Lipinski definition) is 1. The molecule has 0 atom stereocenters. The molecule has 1 saturated carbocycles. The third kappa shape index (κ3) is 2.57. The van der Waals surface area contributed by atoms with Crippen molar-refractivity contribution in [3.8, 4) is 0 Å². The maximum Gasteiger partial charge on any atom is 0.214 e. The lowest BCUT2D eigenvalue weighted by atomic mass is 9.98. The molecule has 2 N–H and O–H groups in total. The van der Waals surface area contributed by atoms with E-state index in [1.165, 1.54) is 0 Å². The van der Waals surface area contributed by atoms with Gasteiger partial charge in [0, 0.05) is 18.6 Å². The minimum absolute atomic E-state index is 0.239. The highest BCUT2D eigenvalue weighted by Gasteiger charge is 2.43. The highest BCUT2D eigenvalue weighted by atomic mass is 32.2. The fraction of sp³-hybridized carbons (Fsp3) is 1.00. The topological polar surface area (TPSA) is 63.4 Å². The maximum atomic E-state index is 12.2. The zero-order chi connectivity index (χ0) is 12.2. The van der Waals surface area contributed by atoms with Crippen LogP contribution in [0.3, 0.4) is 0 Å². The quantitative estimate of drug-likeness (QED) is 0.771. The molecule has 1 aliphatic rings. The van der Waals surface area contributed by atoms with Gasteiger partial charge in [0.1, 0.15) is 0 Å². The summed E-state index contributed by atoms with van der Waals surface area (Å²) in [6.45, 7) is 4.79. The fourth-order valence-corrected chi connectivity index (χ4v) is 4.76. The van der Waals surface area contributed by atoms with E-state index in [4.69, 9.17) is 5.73 Å². The lowest BCUT2D eigenvalue weighted by Gasteiger charge is -2.38. The SMILES string of the molecule is CCCS(=O)(=O)N(CC)C1(CN)CCCC1. The first-order chi connectivity index (χ1) is 7.52. The first-order valence-corrected chi connectivity index (χ1v) is 7.84. The van der Waals surface area contributed by atoms with Gasteiger partial charge < -0.3 is 5.73 Å². The summed E-state index contributed by atoms with van der Waals surface area (Å²) in [4.78, 5) is 0. The van der Waals surface area contributed by atoms with Crippen molar-refractivity contribution in [2.75, 3.05) is 18.8 Å². The Bertz CT molecular complexity index is 308. The van der Waals surface area contributed by atoms with E-state index >= 15 is 0 Å². The predicted molar refractivity (Wildman–Crippen MR) is 66.7 cm³/mol. The van der Waals surface area contributed by atoms with E-state index in [-0.39, 0.29) is 11.3 Å². The average Bonchev–Trinajstić information content (AvgIpc) is 2.68. The highest BCUT2D eigenvalue weighted by Crippen LogP contribution is 2.36. The molecule has 0 heterocycles. The van der Waals surface area contributed by atoms with Crippen molar-refractivity contribution in [2.24, 2.45) is 5.73 Å². The van der Waals surface area contributed by atoms with Crippen LogP contribution in [0.5, 0.6) is 0 Å². The van der Waals surface area contributed by atoms with Crippen LogP contribution in [-0.2, 0) is 10.0 Å². The van der Waals surface area contributed by atoms with Crippen molar-refractivity contribution in [1.82, 2.24) is 4.31 Å². The molecule has 0 radical (unpaired) electrons. The number of rotatable bonds is 6. The van der Waals surface area contributed by atoms with Crippen molar-refractivity contribution < 1.29 is 8.42 Å². The number of sulfonamides is 1. The Balaban J connectivity index is 2.96. The van der Waals surface area contributed by atoms with Crippen LogP contribution in [-0.4, -0.2) is 37.1 Å². The van der Waals surface area contributed by atoms with Gasteiger partial charge in [0.25, 0.3) is 0 Å². The fourth-order valence-electron chi connectivity index (χ4n) is 2.78. The van der Waals surface area contributed by atoms with Crippen molar-refractivity contribution in [2.45, 2.75) is 51.5 Å². The molecular formula is C11H24N2O2S. The molecule has 16 heavy (non-hydrogen) atoms. The van der Waals surface area contributed by atoms with Gasteiger partial charge in [-0.25, -0.2) is 8.42 Å². The van der Waals surface area contributed by atoms with Crippen LogP contribution in [0.2, 0.25) is 0 Å². The van der Waals surface area contributed by atoms with Crippen LogP contribution in [0, 0.1) is 0 Å². The summed E-state index contributed by atoms with van der Waals surface area (Å²) in [6, 6.07) is 0. The molecule has 1 aliphatic carbocycles. The van der Waals surface area contributed by atoms with Crippen molar-refractivity contribution in [1.29, 1.82) is 0 Å². The molecule has 0 saturated heterocycles. The second-order valence-corrected chi connectivity index (χ2v) is 6.63. The molecule has 5 heteroatoms. The lowest BCUT2D eigenvalue weighted by Crippen LogP contribution is -2.55. The molecule has 0 aromatic heterocycles. The van der Waals surface area contributed by atoms with Gasteiger partial charge in [0.2, 0.25) is 10.0 Å². The minimum atomic E-state index is -3.12. The van der Waals surface area contributed by atoms with E-state index in [1.807, 2.05) is 13.8 Å². The third-order valence-electron chi connectivity index (χ3n) is 3.53. The molecule has 0 aromatic carbocycles. The second kappa shape index (κ2) is 5.47. The monoisotopic (exact) mass is 248 g/mol. The second-order valence-electron chi connectivity index (χ2n) is 4.62. The third-order valence-corrected chi connectivity index (χ3v) is 5.77. The number of nitrogens with two attached hydrogens (primary N) is 1. The molecule has 0 spiro atoms. The van der Waals surface area contributed by atoms with Crippen LogP contribution in [0.25, 0.3) is 0 Å². The van der Waals surface area contributed by atoms with E-state index in [2.05, 4.69) is 0 Å². The average molecular weight is 248 g/mol. The van der Waals surface area contributed by atoms with Gasteiger partial charge in [-0.3, -0.25) is 0 Å². The van der Waals surface area contributed by atoms with Gasteiger partial charge in [-0.1, -0.05) is 26.7 Å². The Kier molecular flexibility index (Phi) is 4.76. The summed E-state index contributed by atoms with van der Waals surface area (Å²) in [6.07, 6.45) is 4.69. The molecular weight excluding hydrogens is 224 g/mol. The highest BCUT2D eigenvalue weighted by molar-refractivity contribution is 7.89. The molecule has 0 unspecified atom stereocenters. The normalized spacial score (nSPS) is 20.5. The summed E-state index contributed by atoms with van der Waals surface area (Å²) in [5.74, 6) is 0.239. The van der Waals surface area contributed by atoms with Gasteiger partial charge in [0.15, 0.2) is 0 Å². The van der Waals surface area contributed by atoms with E-state index in [9.17, 15) is 8.42 Å². The Morgan fingerprint density at radius 2 is 1.81 bits per heavy atom. The van der Waals surface area contributed by atoms with Crippen LogP contribution >= 0.6 is 0 Å². The van der Waals surface area contributed by atoms with Crippen molar-refractivity contribution in [3.05, 3.63) is 0 Å². The van der Waals surface area contributed by atoms with Crippen LogP contribution < -0.4 is 5.73 Å². The van der Waals surface area contributed by atoms with Crippen LogP contribution in [0.1, 0.15) is 46.0 Å². The predicted octanol–water partition coefficient (Wildman–Crippen LogP) is 1.32. The first kappa shape index (κ1) is 13.9. The summed E-state index contributed by atoms with van der Waals surface area (Å²) in [7, 11) is -3.12. The van der Waals surface area contributed by atoms with Crippen molar-refractivity contribution >= 4 is 10.0 Å². The molecule has 96 valence electrons. The number of nitrogens with zero attached hydrogens (tertiary/aromatic N) is 1. The minimum Gasteiger partial charge on any atom is -0.329 e. The first-order valence-electron chi connectivity index (χ1n) is 6.23. The molecule has 4 nitrogen and oxygen atoms in total. The summed E-state index contributed by atoms with van der Waals surface area (Å²) in [5.41, 5.74) is 5.54. The Morgan fingerprint density at radius 1 is 1.25 bits per heavy atom. The van der Waals surface area contributed by atoms with Gasteiger partial charge in [-0.15, -0.1) is 0 Å². The zero-order valence-electron chi connectivity index (χ0n) is 10.4. The molecule has 1 rings (SSSR count). The lowest BCUT2D eigenvalue weighted by molar-refractivity contribution is 0.205. The molecule has 0 aromatic rings. The zero-order valence-corrected chi connectivity index (χ0v) is 11.2. The molecule has 0 bridgehead atoms. The summed E-state index contributed by atoms with van der Waals surface area (Å²) >= 11 is 0. The summed E-state index contributed by atoms with van der Waals surface area (Å²) < 4.78 is 26.0. The van der Waals surface area contributed by atoms with Gasteiger partial charge in [-0.2, -0.15) is 4.31 Å². The largest absolute Gasteiger partial charge is 0.329 e. The van der Waals surface area contributed by atoms with E-state index in [1.54, 1.807) is 4.31 Å². The Hall–Kier alpha value is -0.130. The maximum absolute atomic E-state index is 12.2. The molecule has 0 aliphatic heterocycles. The van der Waals surface area contributed by atoms with E-state index in [0.29, 0.717) is 19.5 Å². The number of likely N-dealkylation sites (N-methyl/N-ethyl adjacent to an activating group) is 1. The van der Waals surface area contributed by atoms with Gasteiger partial charge in [0.05, 0.1) is 5.75 Å². The van der Waals surface area contributed by atoms with Gasteiger partial charge >= 0.3 is 0 Å².